The first-order valence-corrected chi connectivity index (χ1v) is 8.92. The maximum absolute atomic E-state index is 4.95. The molecule has 1 aromatic heterocycles. The van der Waals surface area contributed by atoms with Gasteiger partial charge in [0.05, 0.1) is 16.9 Å². The van der Waals surface area contributed by atoms with Crippen LogP contribution in [0.15, 0.2) is 72.8 Å². The second-order valence-electron chi connectivity index (χ2n) is 6.83. The summed E-state index contributed by atoms with van der Waals surface area (Å²) in [7, 11) is 0. The molecule has 0 amide bonds. The van der Waals surface area contributed by atoms with E-state index in [2.05, 4.69) is 92.8 Å². The van der Waals surface area contributed by atoms with Gasteiger partial charge in [0.1, 0.15) is 0 Å². The van der Waals surface area contributed by atoms with Gasteiger partial charge in [-0.25, -0.2) is 4.98 Å². The SMILES string of the molecule is Cc1ccc(Nc2c(C)c(-c3ccc(C)cc3)nc3ccccc23)cc1. The number of para-hydroxylation sites is 1. The van der Waals surface area contributed by atoms with Crippen molar-refractivity contribution in [1.82, 2.24) is 4.98 Å². The van der Waals surface area contributed by atoms with Crippen LogP contribution in [0.1, 0.15) is 16.7 Å². The summed E-state index contributed by atoms with van der Waals surface area (Å²) in [5.74, 6) is 0. The molecule has 2 nitrogen and oxygen atoms in total. The molecule has 0 aliphatic carbocycles. The zero-order valence-electron chi connectivity index (χ0n) is 15.4. The predicted octanol–water partition coefficient (Wildman–Crippen LogP) is 6.57. The van der Waals surface area contributed by atoms with Gasteiger partial charge in [-0.05, 0) is 44.5 Å². The Morgan fingerprint density at radius 2 is 1.31 bits per heavy atom. The molecule has 1 heterocycles. The molecular weight excluding hydrogens is 316 g/mol. The monoisotopic (exact) mass is 338 g/mol. The summed E-state index contributed by atoms with van der Waals surface area (Å²) in [4.78, 5) is 4.95. The van der Waals surface area contributed by atoms with E-state index in [0.29, 0.717) is 0 Å². The summed E-state index contributed by atoms with van der Waals surface area (Å²) in [5.41, 5.74) is 9.05. The standard InChI is InChI=1S/C24H22N2/c1-16-8-12-19(13-9-16)23-18(3)24(21-6-4-5-7-22(21)26-23)25-20-14-10-17(2)11-15-20/h4-15H,1-3H3,(H,25,26). The number of hydrogen-bond acceptors (Lipinski definition) is 2. The molecule has 128 valence electrons. The summed E-state index contributed by atoms with van der Waals surface area (Å²) >= 11 is 0. The minimum Gasteiger partial charge on any atom is -0.355 e. The van der Waals surface area contributed by atoms with Crippen LogP contribution in [0.2, 0.25) is 0 Å². The lowest BCUT2D eigenvalue weighted by molar-refractivity contribution is 1.31. The minimum atomic E-state index is 1.00. The summed E-state index contributed by atoms with van der Waals surface area (Å²) in [6, 6.07) is 25.4. The number of hydrogen-bond donors (Lipinski definition) is 1. The normalized spacial score (nSPS) is 10.9. The van der Waals surface area contributed by atoms with Gasteiger partial charge in [0, 0.05) is 16.6 Å². The van der Waals surface area contributed by atoms with Crippen LogP contribution >= 0.6 is 0 Å². The molecule has 2 heteroatoms. The highest BCUT2D eigenvalue weighted by atomic mass is 14.9. The molecule has 1 N–H and O–H groups in total. The maximum atomic E-state index is 4.95. The minimum absolute atomic E-state index is 1.00. The van der Waals surface area contributed by atoms with Crippen molar-refractivity contribution in [3.8, 4) is 11.3 Å². The lowest BCUT2D eigenvalue weighted by Crippen LogP contribution is -1.99. The molecule has 0 aliphatic heterocycles. The highest BCUT2D eigenvalue weighted by molar-refractivity contribution is 5.97. The Bertz CT molecular complexity index is 1060. The van der Waals surface area contributed by atoms with Crippen molar-refractivity contribution in [2.24, 2.45) is 0 Å². The van der Waals surface area contributed by atoms with Gasteiger partial charge in [0.2, 0.25) is 0 Å². The lowest BCUT2D eigenvalue weighted by Gasteiger charge is -2.17. The number of rotatable bonds is 3. The number of benzene rings is 3. The Morgan fingerprint density at radius 3 is 2.00 bits per heavy atom. The molecule has 0 saturated carbocycles. The number of anilines is 2. The molecule has 0 atom stereocenters. The fourth-order valence-electron chi connectivity index (χ4n) is 3.24. The Kier molecular flexibility index (Phi) is 4.18. The number of aromatic nitrogens is 1. The highest BCUT2D eigenvalue weighted by Gasteiger charge is 2.13. The van der Waals surface area contributed by atoms with Crippen molar-refractivity contribution < 1.29 is 0 Å². The van der Waals surface area contributed by atoms with E-state index in [9.17, 15) is 0 Å². The molecule has 0 aliphatic rings. The summed E-state index contributed by atoms with van der Waals surface area (Å²) in [6.07, 6.45) is 0. The van der Waals surface area contributed by atoms with Crippen molar-refractivity contribution in [3.63, 3.8) is 0 Å². The van der Waals surface area contributed by atoms with Gasteiger partial charge in [-0.3, -0.25) is 0 Å². The smallest absolute Gasteiger partial charge is 0.0759 e. The quantitative estimate of drug-likeness (QED) is 0.457. The van der Waals surface area contributed by atoms with Crippen molar-refractivity contribution >= 4 is 22.3 Å². The first kappa shape index (κ1) is 16.3. The van der Waals surface area contributed by atoms with Gasteiger partial charge < -0.3 is 5.32 Å². The van der Waals surface area contributed by atoms with E-state index >= 15 is 0 Å². The largest absolute Gasteiger partial charge is 0.355 e. The zero-order valence-corrected chi connectivity index (χ0v) is 15.4. The number of nitrogens with one attached hydrogen (secondary N) is 1. The van der Waals surface area contributed by atoms with Crippen molar-refractivity contribution in [2.75, 3.05) is 5.32 Å². The first-order valence-electron chi connectivity index (χ1n) is 8.92. The van der Waals surface area contributed by atoms with E-state index in [1.165, 1.54) is 11.1 Å². The second-order valence-corrected chi connectivity index (χ2v) is 6.83. The van der Waals surface area contributed by atoms with Gasteiger partial charge in [0.15, 0.2) is 0 Å². The van der Waals surface area contributed by atoms with Crippen LogP contribution in [-0.4, -0.2) is 4.98 Å². The molecule has 3 aromatic carbocycles. The number of nitrogens with zero attached hydrogens (tertiary/aromatic N) is 1. The molecule has 0 saturated heterocycles. The molecular formula is C24H22N2. The number of fused-ring (bicyclic) bond motifs is 1. The van der Waals surface area contributed by atoms with Gasteiger partial charge in [-0.1, -0.05) is 65.7 Å². The summed E-state index contributed by atoms with van der Waals surface area (Å²) in [5, 5.41) is 4.76. The highest BCUT2D eigenvalue weighted by Crippen LogP contribution is 2.35. The summed E-state index contributed by atoms with van der Waals surface area (Å²) < 4.78 is 0. The van der Waals surface area contributed by atoms with E-state index in [1.54, 1.807) is 0 Å². The predicted molar refractivity (Wildman–Crippen MR) is 111 cm³/mol. The van der Waals surface area contributed by atoms with Crippen LogP contribution in [0.4, 0.5) is 11.4 Å². The Labute approximate surface area is 154 Å². The fraction of sp³-hybridized carbons (Fsp3) is 0.125. The van der Waals surface area contributed by atoms with Crippen LogP contribution in [0.3, 0.4) is 0 Å². The van der Waals surface area contributed by atoms with Crippen molar-refractivity contribution in [1.29, 1.82) is 0 Å². The molecule has 0 radical (unpaired) electrons. The van der Waals surface area contributed by atoms with Crippen molar-refractivity contribution in [2.45, 2.75) is 20.8 Å². The Hall–Kier alpha value is -3.13. The Balaban J connectivity index is 1.90. The van der Waals surface area contributed by atoms with Crippen LogP contribution < -0.4 is 5.32 Å². The summed E-state index contributed by atoms with van der Waals surface area (Å²) in [6.45, 7) is 6.35. The van der Waals surface area contributed by atoms with Gasteiger partial charge in [0.25, 0.3) is 0 Å². The molecule has 0 unspecified atom stereocenters. The molecule has 0 bridgehead atoms. The lowest BCUT2D eigenvalue weighted by atomic mass is 10.0. The fourth-order valence-corrected chi connectivity index (χ4v) is 3.24. The van der Waals surface area contributed by atoms with Crippen LogP contribution in [0.5, 0.6) is 0 Å². The van der Waals surface area contributed by atoms with Gasteiger partial charge in [-0.15, -0.1) is 0 Å². The van der Waals surface area contributed by atoms with E-state index in [4.69, 9.17) is 4.98 Å². The molecule has 0 fully saturated rings. The average molecular weight is 338 g/mol. The van der Waals surface area contributed by atoms with E-state index in [1.807, 2.05) is 6.07 Å². The maximum Gasteiger partial charge on any atom is 0.0759 e. The van der Waals surface area contributed by atoms with Crippen LogP contribution in [0.25, 0.3) is 22.2 Å². The van der Waals surface area contributed by atoms with Crippen LogP contribution in [0, 0.1) is 20.8 Å². The van der Waals surface area contributed by atoms with Gasteiger partial charge in [-0.2, -0.15) is 0 Å². The van der Waals surface area contributed by atoms with E-state index in [-0.39, 0.29) is 0 Å². The Morgan fingerprint density at radius 1 is 0.692 bits per heavy atom. The first-order chi connectivity index (χ1) is 12.6. The van der Waals surface area contributed by atoms with E-state index in [0.717, 1.165) is 39.1 Å². The average Bonchev–Trinajstić information content (AvgIpc) is 2.66. The van der Waals surface area contributed by atoms with Crippen molar-refractivity contribution in [3.05, 3.63) is 89.5 Å². The van der Waals surface area contributed by atoms with Crippen LogP contribution in [-0.2, 0) is 0 Å². The third kappa shape index (κ3) is 3.06. The van der Waals surface area contributed by atoms with Gasteiger partial charge >= 0.3 is 0 Å². The second kappa shape index (κ2) is 6.64. The topological polar surface area (TPSA) is 24.9 Å². The molecule has 26 heavy (non-hydrogen) atoms. The van der Waals surface area contributed by atoms with E-state index < -0.39 is 0 Å². The number of pyridine rings is 1. The molecule has 0 spiro atoms. The molecule has 4 rings (SSSR count). The number of aryl methyl sites for hydroxylation is 2. The zero-order chi connectivity index (χ0) is 18.1. The third-order valence-corrected chi connectivity index (χ3v) is 4.78. The molecule has 4 aromatic rings. The third-order valence-electron chi connectivity index (χ3n) is 4.78.